The zero-order valence-electron chi connectivity index (χ0n) is 15.7. The van der Waals surface area contributed by atoms with Gasteiger partial charge < -0.3 is 10.2 Å². The van der Waals surface area contributed by atoms with Gasteiger partial charge in [0.1, 0.15) is 11.5 Å². The molecule has 0 saturated heterocycles. The summed E-state index contributed by atoms with van der Waals surface area (Å²) in [5.74, 6) is 0.147. The maximum absolute atomic E-state index is 9.40. The van der Waals surface area contributed by atoms with Gasteiger partial charge in [-0.05, 0) is 30.5 Å². The summed E-state index contributed by atoms with van der Waals surface area (Å²) in [7, 11) is 0. The third-order valence-electron chi connectivity index (χ3n) is 4.16. The number of rotatable bonds is 13. The molecule has 0 heterocycles. The molecule has 0 spiro atoms. The Morgan fingerprint density at radius 1 is 0.680 bits per heavy atom. The van der Waals surface area contributed by atoms with Crippen molar-refractivity contribution in [2.75, 3.05) is 0 Å². The van der Waals surface area contributed by atoms with E-state index in [9.17, 15) is 10.2 Å². The number of unbranched alkanes of at least 4 members (excludes halogenated alkanes) is 9. The molecular weight excluding hydrogens is 308 g/mol. The van der Waals surface area contributed by atoms with Gasteiger partial charge in [-0.1, -0.05) is 94.7 Å². The van der Waals surface area contributed by atoms with Gasteiger partial charge in [0.2, 0.25) is 0 Å². The largest absolute Gasteiger partial charge is 0.508 e. The van der Waals surface area contributed by atoms with Gasteiger partial charge in [-0.2, -0.15) is 0 Å². The number of benzene rings is 1. The minimum absolute atomic E-state index is 0.0736. The second kappa shape index (κ2) is 14.4. The van der Waals surface area contributed by atoms with Gasteiger partial charge in [0.05, 0.1) is 0 Å². The van der Waals surface area contributed by atoms with Crippen molar-refractivity contribution in [2.45, 2.75) is 71.1 Å². The second-order valence-corrected chi connectivity index (χ2v) is 6.57. The van der Waals surface area contributed by atoms with Crippen LogP contribution in [0.1, 0.15) is 76.7 Å². The molecule has 0 aliphatic rings. The molecule has 0 unspecified atom stereocenters. The molecule has 2 nitrogen and oxygen atoms in total. The first-order valence-corrected chi connectivity index (χ1v) is 9.75. The van der Waals surface area contributed by atoms with Crippen LogP contribution in [0, 0.1) is 0 Å². The van der Waals surface area contributed by atoms with E-state index in [-0.39, 0.29) is 11.5 Å². The Labute approximate surface area is 153 Å². The van der Waals surface area contributed by atoms with E-state index in [2.05, 4.69) is 19.1 Å². The van der Waals surface area contributed by atoms with Gasteiger partial charge in [-0.15, -0.1) is 0 Å². The van der Waals surface area contributed by atoms with Gasteiger partial charge in [-0.25, -0.2) is 0 Å². The number of phenols is 2. The van der Waals surface area contributed by atoms with E-state index < -0.39 is 0 Å². The lowest BCUT2D eigenvalue weighted by Crippen LogP contribution is -1.80. The van der Waals surface area contributed by atoms with Gasteiger partial charge >= 0.3 is 0 Å². The number of hydrogen-bond donors (Lipinski definition) is 2. The molecule has 138 valence electrons. The summed E-state index contributed by atoms with van der Waals surface area (Å²) in [5, 5.41) is 18.8. The van der Waals surface area contributed by atoms with Gasteiger partial charge in [-0.3, -0.25) is 0 Å². The van der Waals surface area contributed by atoms with E-state index >= 15 is 0 Å². The summed E-state index contributed by atoms with van der Waals surface area (Å²) in [6.07, 6.45) is 25.5. The van der Waals surface area contributed by atoms with Crippen molar-refractivity contribution in [3.8, 4) is 11.5 Å². The molecule has 0 amide bonds. The SMILES string of the molecule is CCCCCCCCCCCC=CC=CC=Cc1cc(O)cc(O)c1. The quantitative estimate of drug-likeness (QED) is 0.295. The topological polar surface area (TPSA) is 40.5 Å². The average Bonchev–Trinajstić information content (AvgIpc) is 2.57. The van der Waals surface area contributed by atoms with Gasteiger partial charge in [0.25, 0.3) is 0 Å². The van der Waals surface area contributed by atoms with Crippen LogP contribution in [0.4, 0.5) is 0 Å². The van der Waals surface area contributed by atoms with Crippen LogP contribution in [0.2, 0.25) is 0 Å². The molecule has 0 aliphatic carbocycles. The predicted molar refractivity (Wildman–Crippen MR) is 109 cm³/mol. The summed E-state index contributed by atoms with van der Waals surface area (Å²) in [4.78, 5) is 0. The molecule has 1 aromatic carbocycles. The highest BCUT2D eigenvalue weighted by molar-refractivity contribution is 5.56. The molecule has 2 heteroatoms. The molecule has 25 heavy (non-hydrogen) atoms. The van der Waals surface area contributed by atoms with E-state index in [0.717, 1.165) is 12.0 Å². The van der Waals surface area contributed by atoms with Crippen molar-refractivity contribution in [1.29, 1.82) is 0 Å². The average molecular weight is 343 g/mol. The number of phenolic OH excluding ortho intramolecular Hbond substituents is 2. The lowest BCUT2D eigenvalue weighted by molar-refractivity contribution is 0.450. The molecule has 0 saturated carbocycles. The van der Waals surface area contributed by atoms with Crippen molar-refractivity contribution >= 4 is 6.08 Å². The highest BCUT2D eigenvalue weighted by atomic mass is 16.3. The second-order valence-electron chi connectivity index (χ2n) is 6.57. The zero-order chi connectivity index (χ0) is 18.2. The number of aromatic hydroxyl groups is 2. The van der Waals surface area contributed by atoms with E-state index in [1.807, 2.05) is 24.3 Å². The fourth-order valence-electron chi connectivity index (χ4n) is 2.76. The monoisotopic (exact) mass is 342 g/mol. The molecule has 0 aromatic heterocycles. The van der Waals surface area contributed by atoms with Gasteiger partial charge in [0, 0.05) is 6.07 Å². The van der Waals surface area contributed by atoms with Crippen LogP contribution in [-0.2, 0) is 0 Å². The molecule has 0 atom stereocenters. The Bertz CT molecular complexity index is 521. The first kappa shape index (κ1) is 21.1. The standard InChI is InChI=1S/C23H34O2/c1-2-3-4-5-6-7-8-9-10-11-12-13-14-15-16-17-21-18-22(24)20-23(25)19-21/h12-20,24-25H,2-11H2,1H3. The number of allylic oxidation sites excluding steroid dienone is 5. The van der Waals surface area contributed by atoms with Crippen molar-refractivity contribution in [3.63, 3.8) is 0 Å². The third kappa shape index (κ3) is 12.1. The minimum Gasteiger partial charge on any atom is -0.508 e. The van der Waals surface area contributed by atoms with Crippen molar-refractivity contribution in [3.05, 3.63) is 54.1 Å². The molecule has 0 radical (unpaired) electrons. The van der Waals surface area contributed by atoms with E-state index in [1.165, 1.54) is 63.9 Å². The zero-order valence-corrected chi connectivity index (χ0v) is 15.7. The summed E-state index contributed by atoms with van der Waals surface area (Å²) < 4.78 is 0. The Balaban J connectivity index is 2.03. The fraction of sp³-hybridized carbons (Fsp3) is 0.478. The molecule has 0 fully saturated rings. The normalized spacial score (nSPS) is 12.0. The predicted octanol–water partition coefficient (Wildman–Crippen LogP) is 7.14. The highest BCUT2D eigenvalue weighted by Crippen LogP contribution is 2.21. The molecular formula is C23H34O2. The van der Waals surface area contributed by atoms with E-state index in [0.29, 0.717) is 0 Å². The van der Waals surface area contributed by atoms with Gasteiger partial charge in [0.15, 0.2) is 0 Å². The van der Waals surface area contributed by atoms with Crippen LogP contribution in [0.5, 0.6) is 11.5 Å². The van der Waals surface area contributed by atoms with Crippen LogP contribution in [0.3, 0.4) is 0 Å². The first-order valence-electron chi connectivity index (χ1n) is 9.75. The maximum atomic E-state index is 9.40. The Kier molecular flexibility index (Phi) is 12.1. The Morgan fingerprint density at radius 3 is 1.88 bits per heavy atom. The maximum Gasteiger partial charge on any atom is 0.119 e. The van der Waals surface area contributed by atoms with Crippen LogP contribution >= 0.6 is 0 Å². The molecule has 2 N–H and O–H groups in total. The lowest BCUT2D eigenvalue weighted by Gasteiger charge is -2.00. The summed E-state index contributed by atoms with van der Waals surface area (Å²) in [6.45, 7) is 2.26. The van der Waals surface area contributed by atoms with Crippen molar-refractivity contribution < 1.29 is 10.2 Å². The third-order valence-corrected chi connectivity index (χ3v) is 4.16. The molecule has 1 aromatic rings. The van der Waals surface area contributed by atoms with Crippen LogP contribution < -0.4 is 0 Å². The van der Waals surface area contributed by atoms with E-state index in [1.54, 1.807) is 12.1 Å². The summed E-state index contributed by atoms with van der Waals surface area (Å²) in [6, 6.07) is 4.55. The van der Waals surface area contributed by atoms with Crippen LogP contribution in [-0.4, -0.2) is 10.2 Å². The Morgan fingerprint density at radius 2 is 1.24 bits per heavy atom. The van der Waals surface area contributed by atoms with Crippen molar-refractivity contribution in [2.24, 2.45) is 0 Å². The van der Waals surface area contributed by atoms with Crippen LogP contribution in [0.15, 0.2) is 48.6 Å². The molecule has 0 bridgehead atoms. The Hall–Kier alpha value is -1.96. The molecule has 0 aliphatic heterocycles. The molecule has 1 rings (SSSR count). The minimum atomic E-state index is 0.0736. The summed E-state index contributed by atoms with van der Waals surface area (Å²) in [5.41, 5.74) is 0.779. The van der Waals surface area contributed by atoms with E-state index in [4.69, 9.17) is 0 Å². The highest BCUT2D eigenvalue weighted by Gasteiger charge is 1.94. The smallest absolute Gasteiger partial charge is 0.119 e. The van der Waals surface area contributed by atoms with Crippen molar-refractivity contribution in [1.82, 2.24) is 0 Å². The summed E-state index contributed by atoms with van der Waals surface area (Å²) >= 11 is 0. The fourth-order valence-corrected chi connectivity index (χ4v) is 2.76. The number of hydrogen-bond acceptors (Lipinski definition) is 2. The first-order chi connectivity index (χ1) is 12.2. The lowest BCUT2D eigenvalue weighted by atomic mass is 10.1. The van der Waals surface area contributed by atoms with Crippen LogP contribution in [0.25, 0.3) is 6.08 Å².